The minimum Gasteiger partial charge on any atom is -0.417 e. The Morgan fingerprint density at radius 2 is 1.85 bits per heavy atom. The Morgan fingerprint density at radius 1 is 1.10 bits per heavy atom. The Labute approximate surface area is 241 Å². The topological polar surface area (TPSA) is 79.9 Å². The summed E-state index contributed by atoms with van der Waals surface area (Å²) in [7, 11) is -1.93. The second-order valence-electron chi connectivity index (χ2n) is 11.4. The maximum atomic E-state index is 13.7. The number of pyridine rings is 1. The Morgan fingerprint density at radius 3 is 2.52 bits per heavy atom. The standard InChI is InChI=1S/C31H36ClFN4O2Si/c1-31(2,3)40(4,5)39-18-16-24(19-23-9-6-7-17-34-23)35-30(38)25-10-8-11-26(32)29(25)28-20-27(36-37-28)21-12-14-22(33)15-13-21/h6-15,17,20,24H,16,18-19H2,1-5H3,(H,35,38)(H,36,37). The lowest BCUT2D eigenvalue weighted by molar-refractivity contribution is 0.0931. The first kappa shape index (κ1) is 29.6. The summed E-state index contributed by atoms with van der Waals surface area (Å²) in [6, 6.07) is 18.7. The van der Waals surface area contributed by atoms with Gasteiger partial charge in [0.1, 0.15) is 5.82 Å². The molecule has 0 spiro atoms. The van der Waals surface area contributed by atoms with Crippen molar-refractivity contribution in [1.82, 2.24) is 20.5 Å². The normalized spacial score (nSPS) is 12.8. The molecule has 2 N–H and O–H groups in total. The van der Waals surface area contributed by atoms with E-state index in [9.17, 15) is 9.18 Å². The van der Waals surface area contributed by atoms with Gasteiger partial charge in [-0.15, -0.1) is 0 Å². The fourth-order valence-corrected chi connectivity index (χ4v) is 5.48. The molecule has 0 bridgehead atoms. The number of carbonyl (C=O) groups is 1. The molecule has 4 rings (SSSR count). The molecule has 2 aromatic carbocycles. The number of aromatic amines is 1. The third-order valence-electron chi connectivity index (χ3n) is 7.50. The van der Waals surface area contributed by atoms with Gasteiger partial charge in [-0.2, -0.15) is 5.10 Å². The van der Waals surface area contributed by atoms with Gasteiger partial charge < -0.3 is 9.74 Å². The molecule has 0 saturated carbocycles. The number of nitrogens with one attached hydrogen (secondary N) is 2. The van der Waals surface area contributed by atoms with E-state index < -0.39 is 8.32 Å². The van der Waals surface area contributed by atoms with Gasteiger partial charge in [-0.25, -0.2) is 4.39 Å². The maximum absolute atomic E-state index is 13.7. The zero-order valence-electron chi connectivity index (χ0n) is 23.6. The molecule has 9 heteroatoms. The lowest BCUT2D eigenvalue weighted by Gasteiger charge is -2.36. The van der Waals surface area contributed by atoms with Gasteiger partial charge in [-0.1, -0.05) is 44.5 Å². The van der Waals surface area contributed by atoms with Crippen LogP contribution < -0.4 is 5.32 Å². The van der Waals surface area contributed by atoms with Crippen molar-refractivity contribution in [2.75, 3.05) is 6.61 Å². The Balaban J connectivity index is 1.57. The fourth-order valence-electron chi connectivity index (χ4n) is 4.14. The van der Waals surface area contributed by atoms with Gasteiger partial charge in [0.2, 0.25) is 0 Å². The summed E-state index contributed by atoms with van der Waals surface area (Å²) in [5, 5.41) is 11.1. The molecule has 4 aromatic rings. The van der Waals surface area contributed by atoms with E-state index in [1.807, 2.05) is 24.3 Å². The quantitative estimate of drug-likeness (QED) is 0.189. The van der Waals surface area contributed by atoms with Crippen LogP contribution in [0.2, 0.25) is 23.2 Å². The number of nitrogens with zero attached hydrogens (tertiary/aromatic N) is 2. The van der Waals surface area contributed by atoms with Crippen LogP contribution >= 0.6 is 11.6 Å². The van der Waals surface area contributed by atoms with Crippen LogP contribution in [0.5, 0.6) is 0 Å². The van der Waals surface area contributed by atoms with Crippen LogP contribution in [0.1, 0.15) is 43.2 Å². The SMILES string of the molecule is CC(C)(C)[Si](C)(C)OCCC(Cc1ccccn1)NC(=O)c1cccc(Cl)c1-c1cc(-c2ccc(F)cc2)n[nH]1. The average Bonchev–Trinajstić information content (AvgIpc) is 3.38. The summed E-state index contributed by atoms with van der Waals surface area (Å²) in [5.74, 6) is -0.566. The molecule has 1 amide bonds. The van der Waals surface area contributed by atoms with E-state index in [4.69, 9.17) is 16.0 Å². The molecule has 0 saturated heterocycles. The number of hydrogen-bond acceptors (Lipinski definition) is 4. The largest absolute Gasteiger partial charge is 0.417 e. The van der Waals surface area contributed by atoms with Gasteiger partial charge in [0, 0.05) is 42.1 Å². The van der Waals surface area contributed by atoms with Gasteiger partial charge in [-0.05, 0) is 79.2 Å². The van der Waals surface area contributed by atoms with Gasteiger partial charge in [-0.3, -0.25) is 14.9 Å². The Hall–Kier alpha value is -3.33. The average molecular weight is 579 g/mol. The van der Waals surface area contributed by atoms with Crippen LogP contribution in [0.3, 0.4) is 0 Å². The Bertz CT molecular complexity index is 1440. The molecular weight excluding hydrogens is 543 g/mol. The molecule has 0 radical (unpaired) electrons. The number of rotatable bonds is 10. The van der Waals surface area contributed by atoms with Gasteiger partial charge in [0.15, 0.2) is 8.32 Å². The molecule has 1 atom stereocenters. The van der Waals surface area contributed by atoms with E-state index in [0.29, 0.717) is 47.0 Å². The molecule has 40 heavy (non-hydrogen) atoms. The predicted molar refractivity (Wildman–Crippen MR) is 161 cm³/mol. The highest BCUT2D eigenvalue weighted by Crippen LogP contribution is 2.37. The molecule has 0 aliphatic rings. The first-order valence-corrected chi connectivity index (χ1v) is 16.7. The lowest BCUT2D eigenvalue weighted by atomic mass is 10.0. The number of amides is 1. The monoisotopic (exact) mass is 578 g/mol. The van der Waals surface area contributed by atoms with Crippen molar-refractivity contribution in [3.05, 3.63) is 95.0 Å². The zero-order chi connectivity index (χ0) is 28.9. The van der Waals surface area contributed by atoms with E-state index in [2.05, 4.69) is 54.4 Å². The van der Waals surface area contributed by atoms with E-state index in [0.717, 1.165) is 11.3 Å². The Kier molecular flexibility index (Phi) is 9.23. The summed E-state index contributed by atoms with van der Waals surface area (Å²) >= 11 is 6.62. The highest BCUT2D eigenvalue weighted by atomic mass is 35.5. The number of H-pyrrole nitrogens is 1. The number of hydrogen-bond donors (Lipinski definition) is 2. The van der Waals surface area contributed by atoms with Gasteiger partial charge in [0.05, 0.1) is 22.0 Å². The van der Waals surface area contributed by atoms with Crippen molar-refractivity contribution in [1.29, 1.82) is 0 Å². The molecule has 0 aliphatic carbocycles. The van der Waals surface area contributed by atoms with Crippen molar-refractivity contribution < 1.29 is 13.6 Å². The summed E-state index contributed by atoms with van der Waals surface area (Å²) in [6.45, 7) is 11.6. The van der Waals surface area contributed by atoms with Crippen molar-refractivity contribution >= 4 is 25.8 Å². The highest BCUT2D eigenvalue weighted by Gasteiger charge is 2.37. The zero-order valence-corrected chi connectivity index (χ0v) is 25.3. The van der Waals surface area contributed by atoms with Crippen LogP contribution in [0.15, 0.2) is 72.9 Å². The van der Waals surface area contributed by atoms with Gasteiger partial charge in [0.25, 0.3) is 5.91 Å². The summed E-state index contributed by atoms with van der Waals surface area (Å²) < 4.78 is 19.8. The van der Waals surface area contributed by atoms with Crippen LogP contribution in [-0.4, -0.2) is 42.1 Å². The molecule has 0 fully saturated rings. The second-order valence-corrected chi connectivity index (χ2v) is 16.6. The second kappa shape index (κ2) is 12.5. The predicted octanol–water partition coefficient (Wildman–Crippen LogP) is 7.68. The van der Waals surface area contributed by atoms with Crippen molar-refractivity contribution in [3.63, 3.8) is 0 Å². The molecule has 210 valence electrons. The maximum Gasteiger partial charge on any atom is 0.252 e. The summed E-state index contributed by atoms with van der Waals surface area (Å²) in [5.41, 5.74) is 3.84. The minimum absolute atomic E-state index is 0.0965. The van der Waals surface area contributed by atoms with Crippen molar-refractivity contribution in [2.45, 2.75) is 57.8 Å². The van der Waals surface area contributed by atoms with Crippen LogP contribution in [0, 0.1) is 5.82 Å². The van der Waals surface area contributed by atoms with E-state index in [-0.39, 0.29) is 22.8 Å². The summed E-state index contributed by atoms with van der Waals surface area (Å²) in [6.07, 6.45) is 2.97. The third-order valence-corrected chi connectivity index (χ3v) is 12.4. The van der Waals surface area contributed by atoms with Crippen LogP contribution in [0.25, 0.3) is 22.5 Å². The first-order valence-electron chi connectivity index (χ1n) is 13.4. The lowest BCUT2D eigenvalue weighted by Crippen LogP contribution is -2.43. The molecule has 6 nitrogen and oxygen atoms in total. The van der Waals surface area contributed by atoms with Crippen LogP contribution in [-0.2, 0) is 10.8 Å². The third kappa shape index (κ3) is 7.24. The first-order chi connectivity index (χ1) is 18.9. The number of carbonyl (C=O) groups excluding carboxylic acids is 1. The molecular formula is C31H36ClFN4O2Si. The number of aromatic nitrogens is 3. The molecule has 1 unspecified atom stereocenters. The fraction of sp³-hybridized carbons (Fsp3) is 0.323. The smallest absolute Gasteiger partial charge is 0.252 e. The number of halogens is 2. The number of benzene rings is 2. The highest BCUT2D eigenvalue weighted by molar-refractivity contribution is 6.74. The molecule has 2 aromatic heterocycles. The van der Waals surface area contributed by atoms with Crippen molar-refractivity contribution in [2.24, 2.45) is 0 Å². The molecule has 0 aliphatic heterocycles. The summed E-state index contributed by atoms with van der Waals surface area (Å²) in [4.78, 5) is 18.2. The van der Waals surface area contributed by atoms with E-state index >= 15 is 0 Å². The van der Waals surface area contributed by atoms with E-state index in [1.54, 1.807) is 36.5 Å². The van der Waals surface area contributed by atoms with Crippen molar-refractivity contribution in [3.8, 4) is 22.5 Å². The minimum atomic E-state index is -1.93. The van der Waals surface area contributed by atoms with Crippen LogP contribution in [0.4, 0.5) is 4.39 Å². The molecule has 2 heterocycles. The van der Waals surface area contributed by atoms with Gasteiger partial charge >= 0.3 is 0 Å². The van der Waals surface area contributed by atoms with E-state index in [1.165, 1.54) is 12.1 Å².